The van der Waals surface area contributed by atoms with Crippen molar-refractivity contribution in [2.75, 3.05) is 6.61 Å². The molecule has 2 aromatic carbocycles. The minimum absolute atomic E-state index is 0.152. The molecule has 0 saturated carbocycles. The number of halogens is 1. The van der Waals surface area contributed by atoms with Crippen molar-refractivity contribution in [3.8, 4) is 11.6 Å². The number of benzene rings is 2. The third-order valence-electron chi connectivity index (χ3n) is 3.25. The van der Waals surface area contributed by atoms with E-state index in [-0.39, 0.29) is 6.61 Å². The number of hydrogen-bond donors (Lipinski definition) is 1. The number of hydrogen-bond acceptors (Lipinski definition) is 3. The first-order valence-electron chi connectivity index (χ1n) is 6.69. The van der Waals surface area contributed by atoms with Crippen LogP contribution < -0.4 is 4.74 Å². The third kappa shape index (κ3) is 3.06. The number of nitrogens with zero attached hydrogens (tertiary/aromatic N) is 1. The van der Waals surface area contributed by atoms with E-state index in [1.807, 2.05) is 48.5 Å². The van der Waals surface area contributed by atoms with Crippen LogP contribution in [0.3, 0.4) is 0 Å². The fraction of sp³-hybridized carbons (Fsp3) is 0.118. The Morgan fingerprint density at radius 1 is 1.00 bits per heavy atom. The highest BCUT2D eigenvalue weighted by Gasteiger charge is 2.07. The average molecular weight is 344 g/mol. The van der Waals surface area contributed by atoms with Gasteiger partial charge in [-0.2, -0.15) is 0 Å². The van der Waals surface area contributed by atoms with Crippen LogP contribution in [0.5, 0.6) is 11.6 Å². The van der Waals surface area contributed by atoms with Gasteiger partial charge in [0.1, 0.15) is 5.75 Å². The molecule has 1 aromatic heterocycles. The van der Waals surface area contributed by atoms with Crippen LogP contribution in [0.2, 0.25) is 0 Å². The lowest BCUT2D eigenvalue weighted by atomic mass is 10.1. The van der Waals surface area contributed by atoms with Crippen LogP contribution in [0.25, 0.3) is 10.8 Å². The zero-order chi connectivity index (χ0) is 14.7. The molecule has 0 aliphatic rings. The number of fused-ring (bicyclic) bond motifs is 1. The molecule has 0 amide bonds. The van der Waals surface area contributed by atoms with Gasteiger partial charge >= 0.3 is 0 Å². The van der Waals surface area contributed by atoms with Crippen molar-refractivity contribution in [1.82, 2.24) is 4.98 Å². The van der Waals surface area contributed by atoms with Gasteiger partial charge in [-0.05, 0) is 42.3 Å². The molecule has 106 valence electrons. The van der Waals surface area contributed by atoms with Gasteiger partial charge in [-0.1, -0.05) is 34.1 Å². The topological polar surface area (TPSA) is 42.4 Å². The van der Waals surface area contributed by atoms with E-state index in [1.54, 1.807) is 6.20 Å². The smallest absolute Gasteiger partial charge is 0.227 e. The SMILES string of the molecule is OCCc1ccc(Oc2nccc3c(Br)cccc23)cc1. The summed E-state index contributed by atoms with van der Waals surface area (Å²) in [6.07, 6.45) is 2.39. The van der Waals surface area contributed by atoms with Crippen molar-refractivity contribution in [3.05, 3.63) is 64.8 Å². The Morgan fingerprint density at radius 3 is 2.57 bits per heavy atom. The maximum Gasteiger partial charge on any atom is 0.227 e. The quantitative estimate of drug-likeness (QED) is 0.766. The second kappa shape index (κ2) is 6.24. The summed E-state index contributed by atoms with van der Waals surface area (Å²) < 4.78 is 6.90. The minimum Gasteiger partial charge on any atom is -0.438 e. The molecular formula is C17H14BrNO2. The molecule has 3 rings (SSSR count). The molecule has 0 atom stereocenters. The van der Waals surface area contributed by atoms with Crippen molar-refractivity contribution in [1.29, 1.82) is 0 Å². The first kappa shape index (κ1) is 14.0. The summed E-state index contributed by atoms with van der Waals surface area (Å²) in [6, 6.07) is 15.6. The van der Waals surface area contributed by atoms with Gasteiger partial charge in [0.05, 0.1) is 0 Å². The van der Waals surface area contributed by atoms with E-state index in [9.17, 15) is 0 Å². The van der Waals surface area contributed by atoms with E-state index in [2.05, 4.69) is 20.9 Å². The molecule has 3 nitrogen and oxygen atoms in total. The van der Waals surface area contributed by atoms with Crippen molar-refractivity contribution in [2.24, 2.45) is 0 Å². The van der Waals surface area contributed by atoms with Gasteiger partial charge in [-0.15, -0.1) is 0 Å². The van der Waals surface area contributed by atoms with E-state index < -0.39 is 0 Å². The summed E-state index contributed by atoms with van der Waals surface area (Å²) in [4.78, 5) is 4.32. The largest absolute Gasteiger partial charge is 0.438 e. The molecule has 3 aromatic rings. The van der Waals surface area contributed by atoms with Crippen LogP contribution in [0.4, 0.5) is 0 Å². The van der Waals surface area contributed by atoms with Crippen LogP contribution >= 0.6 is 15.9 Å². The summed E-state index contributed by atoms with van der Waals surface area (Å²) in [6.45, 7) is 0.152. The number of ether oxygens (including phenoxy) is 1. The summed E-state index contributed by atoms with van der Waals surface area (Å²) in [5, 5.41) is 11.0. The standard InChI is InChI=1S/C17H14BrNO2/c18-16-3-1-2-15-14(16)8-10-19-17(15)21-13-6-4-12(5-7-13)9-11-20/h1-8,10,20H,9,11H2. The minimum atomic E-state index is 0.152. The Morgan fingerprint density at radius 2 is 1.81 bits per heavy atom. The number of rotatable bonds is 4. The molecule has 1 heterocycles. The number of aliphatic hydroxyl groups excluding tert-OH is 1. The molecule has 0 fully saturated rings. The van der Waals surface area contributed by atoms with E-state index in [0.29, 0.717) is 12.3 Å². The first-order valence-corrected chi connectivity index (χ1v) is 7.48. The van der Waals surface area contributed by atoms with Crippen molar-refractivity contribution < 1.29 is 9.84 Å². The second-order valence-electron chi connectivity index (χ2n) is 4.67. The average Bonchev–Trinajstić information content (AvgIpc) is 2.51. The molecule has 21 heavy (non-hydrogen) atoms. The van der Waals surface area contributed by atoms with Gasteiger partial charge < -0.3 is 9.84 Å². The van der Waals surface area contributed by atoms with Gasteiger partial charge in [0.15, 0.2) is 0 Å². The fourth-order valence-electron chi connectivity index (χ4n) is 2.19. The molecule has 0 unspecified atom stereocenters. The maximum absolute atomic E-state index is 8.92. The van der Waals surface area contributed by atoms with Gasteiger partial charge in [0.2, 0.25) is 5.88 Å². The Bertz CT molecular complexity index is 756. The lowest BCUT2D eigenvalue weighted by Crippen LogP contribution is -1.92. The van der Waals surface area contributed by atoms with E-state index in [1.165, 1.54) is 0 Å². The molecule has 1 N–H and O–H groups in total. The summed E-state index contributed by atoms with van der Waals surface area (Å²) in [5.74, 6) is 1.32. The van der Waals surface area contributed by atoms with Gasteiger partial charge in [-0.3, -0.25) is 0 Å². The highest BCUT2D eigenvalue weighted by Crippen LogP contribution is 2.31. The Labute approximate surface area is 131 Å². The number of aliphatic hydroxyl groups is 1. The lowest BCUT2D eigenvalue weighted by molar-refractivity contribution is 0.299. The number of aromatic nitrogens is 1. The second-order valence-corrected chi connectivity index (χ2v) is 5.53. The molecule has 0 bridgehead atoms. The molecule has 0 aliphatic heterocycles. The van der Waals surface area contributed by atoms with Gasteiger partial charge in [-0.25, -0.2) is 4.98 Å². The fourth-order valence-corrected chi connectivity index (χ4v) is 2.69. The first-order chi connectivity index (χ1) is 10.3. The monoisotopic (exact) mass is 343 g/mol. The van der Waals surface area contributed by atoms with Crippen LogP contribution in [-0.4, -0.2) is 16.7 Å². The van der Waals surface area contributed by atoms with Crippen molar-refractivity contribution in [3.63, 3.8) is 0 Å². The molecular weight excluding hydrogens is 330 g/mol. The Kier molecular flexibility index (Phi) is 4.18. The van der Waals surface area contributed by atoms with E-state index in [0.717, 1.165) is 26.6 Å². The highest BCUT2D eigenvalue weighted by molar-refractivity contribution is 9.10. The van der Waals surface area contributed by atoms with E-state index >= 15 is 0 Å². The Hall–Kier alpha value is -1.91. The van der Waals surface area contributed by atoms with Crippen LogP contribution in [0, 0.1) is 0 Å². The van der Waals surface area contributed by atoms with Crippen LogP contribution in [0.1, 0.15) is 5.56 Å². The summed E-state index contributed by atoms with van der Waals surface area (Å²) >= 11 is 3.54. The lowest BCUT2D eigenvalue weighted by Gasteiger charge is -2.09. The molecule has 0 spiro atoms. The predicted octanol–water partition coefficient (Wildman–Crippen LogP) is 4.32. The predicted molar refractivity (Wildman–Crippen MR) is 86.7 cm³/mol. The zero-order valence-electron chi connectivity index (χ0n) is 11.3. The molecule has 0 aliphatic carbocycles. The normalized spacial score (nSPS) is 10.8. The number of pyridine rings is 1. The summed E-state index contributed by atoms with van der Waals surface area (Å²) in [7, 11) is 0. The van der Waals surface area contributed by atoms with Gasteiger partial charge in [0.25, 0.3) is 0 Å². The van der Waals surface area contributed by atoms with Crippen LogP contribution in [0.15, 0.2) is 59.2 Å². The molecule has 0 saturated heterocycles. The zero-order valence-corrected chi connectivity index (χ0v) is 12.9. The maximum atomic E-state index is 8.92. The summed E-state index contributed by atoms with van der Waals surface area (Å²) in [5.41, 5.74) is 1.08. The molecule has 0 radical (unpaired) electrons. The van der Waals surface area contributed by atoms with Gasteiger partial charge in [0, 0.05) is 28.0 Å². The Balaban J connectivity index is 1.93. The molecule has 4 heteroatoms. The third-order valence-corrected chi connectivity index (χ3v) is 3.95. The van der Waals surface area contributed by atoms with E-state index in [4.69, 9.17) is 9.84 Å². The highest BCUT2D eigenvalue weighted by atomic mass is 79.9. The van der Waals surface area contributed by atoms with Crippen molar-refractivity contribution >= 4 is 26.7 Å². The van der Waals surface area contributed by atoms with Crippen molar-refractivity contribution in [2.45, 2.75) is 6.42 Å². The van der Waals surface area contributed by atoms with Crippen LogP contribution in [-0.2, 0) is 6.42 Å².